The monoisotopic (exact) mass is 228 g/mol. The van der Waals surface area contributed by atoms with Crippen molar-refractivity contribution in [1.82, 2.24) is 15.2 Å². The third-order valence-corrected chi connectivity index (χ3v) is 2.06. The fourth-order valence-electron chi connectivity index (χ4n) is 1.39. The van der Waals surface area contributed by atoms with Gasteiger partial charge in [0.25, 0.3) is 5.56 Å². The molecule has 0 bridgehead atoms. The fourth-order valence-corrected chi connectivity index (χ4v) is 1.39. The molecule has 7 nitrogen and oxygen atoms in total. The first-order valence-electron chi connectivity index (χ1n) is 5.11. The van der Waals surface area contributed by atoms with Gasteiger partial charge in [0.15, 0.2) is 0 Å². The third-order valence-electron chi connectivity index (χ3n) is 2.06. The normalized spacial score (nSPS) is 12.4. The highest BCUT2D eigenvalue weighted by molar-refractivity contribution is 5.30. The van der Waals surface area contributed by atoms with Crippen LogP contribution in [0, 0.1) is 0 Å². The van der Waals surface area contributed by atoms with Gasteiger partial charge in [-0.05, 0) is 6.42 Å². The molecule has 7 heteroatoms. The molecule has 0 amide bonds. The van der Waals surface area contributed by atoms with Crippen LogP contribution in [-0.4, -0.2) is 34.9 Å². The number of aromatic amines is 2. The van der Waals surface area contributed by atoms with Gasteiger partial charge in [-0.2, -0.15) is 0 Å². The molecule has 1 aromatic rings. The van der Waals surface area contributed by atoms with Crippen LogP contribution in [0.5, 0.6) is 0 Å². The zero-order valence-electron chi connectivity index (χ0n) is 9.37. The smallest absolute Gasteiger partial charge is 0.342 e. The second kappa shape index (κ2) is 6.06. The minimum Gasteiger partial charge on any atom is -0.383 e. The van der Waals surface area contributed by atoms with E-state index >= 15 is 0 Å². The number of rotatable bonds is 6. The number of hydrogen-bond acceptors (Lipinski definition) is 5. The number of nitrogens with one attached hydrogen (secondary N) is 3. The van der Waals surface area contributed by atoms with Crippen LogP contribution in [0.4, 0.5) is 5.82 Å². The predicted molar refractivity (Wildman–Crippen MR) is 59.7 cm³/mol. The molecule has 0 aliphatic heterocycles. The van der Waals surface area contributed by atoms with Crippen molar-refractivity contribution in [1.29, 1.82) is 0 Å². The van der Waals surface area contributed by atoms with E-state index in [-0.39, 0.29) is 11.9 Å². The number of H-pyrrole nitrogens is 2. The topological polar surface area (TPSA) is 99.9 Å². The van der Waals surface area contributed by atoms with E-state index in [2.05, 4.69) is 20.5 Å². The SMILES string of the molecule is CCCC(COC)Nc1n[nH]c(=O)[nH]c1=O. The lowest BCUT2D eigenvalue weighted by Crippen LogP contribution is -2.32. The molecule has 0 saturated carbocycles. The van der Waals surface area contributed by atoms with E-state index in [1.165, 1.54) is 0 Å². The molecule has 0 radical (unpaired) electrons. The Hall–Kier alpha value is -1.63. The summed E-state index contributed by atoms with van der Waals surface area (Å²) in [5.74, 6) is 0.107. The minimum atomic E-state index is -0.616. The van der Waals surface area contributed by atoms with Crippen molar-refractivity contribution in [3.05, 3.63) is 20.8 Å². The van der Waals surface area contributed by atoms with Crippen LogP contribution >= 0.6 is 0 Å². The molecule has 0 spiro atoms. The van der Waals surface area contributed by atoms with Crippen molar-refractivity contribution in [2.24, 2.45) is 0 Å². The summed E-state index contributed by atoms with van der Waals surface area (Å²) >= 11 is 0. The lowest BCUT2D eigenvalue weighted by molar-refractivity contribution is 0.182. The van der Waals surface area contributed by atoms with Gasteiger partial charge in [0.05, 0.1) is 12.6 Å². The zero-order valence-corrected chi connectivity index (χ0v) is 9.37. The maximum Gasteiger partial charge on any atom is 0.342 e. The number of ether oxygens (including phenoxy) is 1. The first-order chi connectivity index (χ1) is 7.67. The second-order valence-corrected chi connectivity index (χ2v) is 3.44. The summed E-state index contributed by atoms with van der Waals surface area (Å²) in [6.45, 7) is 2.52. The molecule has 1 heterocycles. The van der Waals surface area contributed by atoms with Crippen molar-refractivity contribution in [2.75, 3.05) is 19.0 Å². The Labute approximate surface area is 92.2 Å². The number of hydrogen-bond donors (Lipinski definition) is 3. The maximum absolute atomic E-state index is 11.3. The van der Waals surface area contributed by atoms with Crippen LogP contribution in [0.1, 0.15) is 19.8 Å². The van der Waals surface area contributed by atoms with E-state index in [1.54, 1.807) is 7.11 Å². The Balaban J connectivity index is 2.76. The highest BCUT2D eigenvalue weighted by Gasteiger charge is 2.10. The molecule has 1 atom stereocenters. The molecule has 90 valence electrons. The quantitative estimate of drug-likeness (QED) is 0.620. The van der Waals surface area contributed by atoms with Crippen molar-refractivity contribution in [3.8, 4) is 0 Å². The molecule has 0 aliphatic carbocycles. The van der Waals surface area contributed by atoms with Crippen LogP contribution in [0.3, 0.4) is 0 Å². The molecular weight excluding hydrogens is 212 g/mol. The van der Waals surface area contributed by atoms with Crippen LogP contribution in [-0.2, 0) is 4.74 Å². The van der Waals surface area contributed by atoms with Crippen LogP contribution in [0.15, 0.2) is 9.59 Å². The van der Waals surface area contributed by atoms with Gasteiger partial charge in [-0.25, -0.2) is 9.89 Å². The van der Waals surface area contributed by atoms with E-state index in [9.17, 15) is 9.59 Å². The first kappa shape index (κ1) is 12.4. The molecule has 1 rings (SSSR count). The lowest BCUT2D eigenvalue weighted by atomic mass is 10.2. The number of anilines is 1. The first-order valence-corrected chi connectivity index (χ1v) is 5.11. The van der Waals surface area contributed by atoms with Crippen molar-refractivity contribution >= 4 is 5.82 Å². The molecule has 16 heavy (non-hydrogen) atoms. The van der Waals surface area contributed by atoms with E-state index in [0.29, 0.717) is 6.61 Å². The number of nitrogens with zero attached hydrogens (tertiary/aromatic N) is 1. The predicted octanol–water partition coefficient (Wildman–Crippen LogP) is -0.315. The molecule has 0 aromatic carbocycles. The van der Waals surface area contributed by atoms with Crippen LogP contribution in [0.25, 0.3) is 0 Å². The van der Waals surface area contributed by atoms with Gasteiger partial charge >= 0.3 is 5.69 Å². The summed E-state index contributed by atoms with van der Waals surface area (Å²) in [6, 6.07) is 0.00880. The van der Waals surface area contributed by atoms with Crippen molar-refractivity contribution in [3.63, 3.8) is 0 Å². The van der Waals surface area contributed by atoms with Gasteiger partial charge in [0.1, 0.15) is 0 Å². The van der Waals surface area contributed by atoms with Crippen molar-refractivity contribution < 1.29 is 4.74 Å². The Kier molecular flexibility index (Phi) is 4.71. The second-order valence-electron chi connectivity index (χ2n) is 3.44. The zero-order chi connectivity index (χ0) is 12.0. The molecule has 0 fully saturated rings. The summed E-state index contributed by atoms with van der Waals surface area (Å²) in [4.78, 5) is 24.2. The lowest BCUT2D eigenvalue weighted by Gasteiger charge is -2.16. The number of aromatic nitrogens is 3. The maximum atomic E-state index is 11.3. The summed E-state index contributed by atoms with van der Waals surface area (Å²) < 4.78 is 5.02. The summed E-state index contributed by atoms with van der Waals surface area (Å²) in [6.07, 6.45) is 1.82. The van der Waals surface area contributed by atoms with E-state index in [0.717, 1.165) is 12.8 Å². The Morgan fingerprint density at radius 2 is 2.25 bits per heavy atom. The van der Waals surface area contributed by atoms with Crippen molar-refractivity contribution in [2.45, 2.75) is 25.8 Å². The van der Waals surface area contributed by atoms with Gasteiger partial charge in [0, 0.05) is 7.11 Å². The summed E-state index contributed by atoms with van der Waals surface area (Å²) in [7, 11) is 1.59. The molecular formula is C9H16N4O3. The number of methoxy groups -OCH3 is 1. The Morgan fingerprint density at radius 1 is 1.50 bits per heavy atom. The van der Waals surface area contributed by atoms with Gasteiger partial charge < -0.3 is 10.1 Å². The van der Waals surface area contributed by atoms with E-state index in [4.69, 9.17) is 4.74 Å². The van der Waals surface area contributed by atoms with E-state index in [1.807, 2.05) is 6.92 Å². The Bertz CT molecular complexity index is 419. The average Bonchev–Trinajstić information content (AvgIpc) is 2.23. The van der Waals surface area contributed by atoms with Gasteiger partial charge in [-0.1, -0.05) is 13.3 Å². The van der Waals surface area contributed by atoms with Gasteiger partial charge in [-0.3, -0.25) is 9.78 Å². The van der Waals surface area contributed by atoms with Crippen LogP contribution < -0.4 is 16.6 Å². The highest BCUT2D eigenvalue weighted by Crippen LogP contribution is 2.02. The minimum absolute atomic E-state index is 0.00880. The average molecular weight is 228 g/mol. The summed E-state index contributed by atoms with van der Waals surface area (Å²) in [5, 5.41) is 8.73. The van der Waals surface area contributed by atoms with Gasteiger partial charge in [0.2, 0.25) is 5.82 Å². The molecule has 3 N–H and O–H groups in total. The van der Waals surface area contributed by atoms with Crippen LogP contribution in [0.2, 0.25) is 0 Å². The van der Waals surface area contributed by atoms with E-state index < -0.39 is 11.2 Å². The van der Waals surface area contributed by atoms with Gasteiger partial charge in [-0.15, -0.1) is 5.10 Å². The molecule has 1 unspecified atom stereocenters. The third kappa shape index (κ3) is 3.50. The molecule has 0 aliphatic rings. The largest absolute Gasteiger partial charge is 0.383 e. The summed E-state index contributed by atoms with van der Waals surface area (Å²) in [5.41, 5.74) is -1.14. The molecule has 1 aromatic heterocycles. The Morgan fingerprint density at radius 3 is 2.81 bits per heavy atom. The standard InChI is InChI=1S/C9H16N4O3/c1-3-4-6(5-16-2)10-7-8(14)11-9(15)13-12-7/h6H,3-5H2,1-2H3,(H,10,12)(H2,11,13,14,15). The molecule has 0 saturated heterocycles. The fraction of sp³-hybridized carbons (Fsp3) is 0.667. The highest BCUT2D eigenvalue weighted by atomic mass is 16.5.